The Labute approximate surface area is 122 Å². The molecule has 1 aromatic carbocycles. The normalized spacial score (nSPS) is 14.5. The molecule has 1 heterocycles. The number of benzene rings is 1. The highest BCUT2D eigenvalue weighted by atomic mass is 16.6. The minimum Gasteiger partial charge on any atom is -0.357 e. The zero-order chi connectivity index (χ0) is 14.8. The van der Waals surface area contributed by atoms with Crippen molar-refractivity contribution in [3.63, 3.8) is 0 Å². The van der Waals surface area contributed by atoms with E-state index in [1.54, 1.807) is 7.05 Å². The SMILES string of the molecule is CNc1ncc([N+](=O)[O-])c(-c2ccccc2C2CCC2)n1. The molecule has 1 aliphatic carbocycles. The molecule has 6 nitrogen and oxygen atoms in total. The Kier molecular flexibility index (Phi) is 3.51. The molecule has 3 rings (SSSR count). The number of nitrogens with zero attached hydrogens (tertiary/aromatic N) is 3. The lowest BCUT2D eigenvalue weighted by molar-refractivity contribution is -0.384. The van der Waals surface area contributed by atoms with E-state index in [0.717, 1.165) is 24.0 Å². The average Bonchev–Trinajstić information content (AvgIpc) is 2.45. The van der Waals surface area contributed by atoms with Crippen LogP contribution in [0.2, 0.25) is 0 Å². The molecule has 0 atom stereocenters. The Balaban J connectivity index is 2.17. The summed E-state index contributed by atoms with van der Waals surface area (Å²) >= 11 is 0. The first-order valence-corrected chi connectivity index (χ1v) is 6.99. The summed E-state index contributed by atoms with van der Waals surface area (Å²) in [4.78, 5) is 19.1. The number of nitrogens with one attached hydrogen (secondary N) is 1. The van der Waals surface area contributed by atoms with Gasteiger partial charge in [0.05, 0.1) is 4.92 Å². The van der Waals surface area contributed by atoms with Crippen LogP contribution in [0, 0.1) is 10.1 Å². The second-order valence-corrected chi connectivity index (χ2v) is 5.15. The molecule has 0 saturated heterocycles. The van der Waals surface area contributed by atoms with Gasteiger partial charge in [0.1, 0.15) is 6.20 Å². The minimum absolute atomic E-state index is 0.0548. The number of hydrogen-bond acceptors (Lipinski definition) is 5. The Morgan fingerprint density at radius 3 is 2.71 bits per heavy atom. The number of anilines is 1. The summed E-state index contributed by atoms with van der Waals surface area (Å²) in [6, 6.07) is 7.82. The molecule has 2 aromatic rings. The first kappa shape index (κ1) is 13.5. The second kappa shape index (κ2) is 5.47. The van der Waals surface area contributed by atoms with Gasteiger partial charge in [0.15, 0.2) is 5.69 Å². The van der Waals surface area contributed by atoms with Crippen molar-refractivity contribution in [2.75, 3.05) is 12.4 Å². The highest BCUT2D eigenvalue weighted by Gasteiger charge is 2.26. The fourth-order valence-corrected chi connectivity index (χ4v) is 2.62. The van der Waals surface area contributed by atoms with Crippen molar-refractivity contribution < 1.29 is 4.92 Å². The monoisotopic (exact) mass is 284 g/mol. The van der Waals surface area contributed by atoms with Crippen molar-refractivity contribution in [1.29, 1.82) is 0 Å². The van der Waals surface area contributed by atoms with Gasteiger partial charge < -0.3 is 5.32 Å². The van der Waals surface area contributed by atoms with Crippen LogP contribution < -0.4 is 5.32 Å². The molecule has 1 fully saturated rings. The predicted octanol–water partition coefficient (Wildman–Crippen LogP) is 3.36. The van der Waals surface area contributed by atoms with Crippen LogP contribution >= 0.6 is 0 Å². The van der Waals surface area contributed by atoms with Gasteiger partial charge in [-0.15, -0.1) is 0 Å². The molecule has 1 aromatic heterocycles. The zero-order valence-electron chi connectivity index (χ0n) is 11.7. The smallest absolute Gasteiger partial charge is 0.313 e. The Hall–Kier alpha value is -2.50. The van der Waals surface area contributed by atoms with Gasteiger partial charge in [0.25, 0.3) is 0 Å². The molecule has 0 spiro atoms. The van der Waals surface area contributed by atoms with Crippen molar-refractivity contribution in [2.45, 2.75) is 25.2 Å². The van der Waals surface area contributed by atoms with Gasteiger partial charge in [-0.2, -0.15) is 0 Å². The standard InChI is InChI=1S/C15H16N4O2/c1-16-15-17-9-13(19(20)21)14(18-15)12-8-3-2-7-11(12)10-5-4-6-10/h2-3,7-10H,4-6H2,1H3,(H,16,17,18). The van der Waals surface area contributed by atoms with Crippen molar-refractivity contribution in [3.8, 4) is 11.3 Å². The molecule has 1 saturated carbocycles. The number of rotatable bonds is 4. The third-order valence-corrected chi connectivity index (χ3v) is 3.95. The van der Waals surface area contributed by atoms with Gasteiger partial charge in [-0.25, -0.2) is 9.97 Å². The summed E-state index contributed by atoms with van der Waals surface area (Å²) in [6.45, 7) is 0. The molecule has 1 N–H and O–H groups in total. The third kappa shape index (κ3) is 2.44. The van der Waals surface area contributed by atoms with Gasteiger partial charge in [0.2, 0.25) is 5.95 Å². The van der Waals surface area contributed by atoms with Crippen molar-refractivity contribution >= 4 is 11.6 Å². The maximum absolute atomic E-state index is 11.3. The molecule has 6 heteroatoms. The summed E-state index contributed by atoms with van der Waals surface area (Å²) in [5.74, 6) is 0.868. The highest BCUT2D eigenvalue weighted by Crippen LogP contribution is 2.42. The number of nitro groups is 1. The molecule has 0 amide bonds. The Morgan fingerprint density at radius 1 is 1.33 bits per heavy atom. The first-order valence-electron chi connectivity index (χ1n) is 6.99. The van der Waals surface area contributed by atoms with Crippen molar-refractivity contribution in [1.82, 2.24) is 9.97 Å². The van der Waals surface area contributed by atoms with Crippen molar-refractivity contribution in [3.05, 3.63) is 46.1 Å². The molecule has 0 unspecified atom stereocenters. The highest BCUT2D eigenvalue weighted by molar-refractivity contribution is 5.73. The maximum Gasteiger partial charge on any atom is 0.313 e. The quantitative estimate of drug-likeness (QED) is 0.687. The zero-order valence-corrected chi connectivity index (χ0v) is 11.7. The fraction of sp³-hybridized carbons (Fsp3) is 0.333. The molecule has 21 heavy (non-hydrogen) atoms. The number of aromatic nitrogens is 2. The van der Waals surface area contributed by atoms with E-state index in [9.17, 15) is 10.1 Å². The summed E-state index contributed by atoms with van der Waals surface area (Å²) < 4.78 is 0. The van der Waals surface area contributed by atoms with E-state index in [1.807, 2.05) is 24.3 Å². The topological polar surface area (TPSA) is 81.0 Å². The Bertz CT molecular complexity index is 683. The molecule has 0 radical (unpaired) electrons. The van der Waals surface area contributed by atoms with Gasteiger partial charge in [0, 0.05) is 12.6 Å². The lowest BCUT2D eigenvalue weighted by Gasteiger charge is -2.27. The molecule has 0 aliphatic heterocycles. The third-order valence-electron chi connectivity index (χ3n) is 3.95. The fourth-order valence-electron chi connectivity index (χ4n) is 2.62. The van der Waals surface area contributed by atoms with Crippen LogP contribution in [0.5, 0.6) is 0 Å². The van der Waals surface area contributed by atoms with Gasteiger partial charge in [-0.05, 0) is 24.3 Å². The molecule has 0 bridgehead atoms. The summed E-state index contributed by atoms with van der Waals surface area (Å²) in [7, 11) is 1.70. The van der Waals surface area contributed by atoms with Gasteiger partial charge in [-0.3, -0.25) is 10.1 Å². The van der Waals surface area contributed by atoms with Crippen LogP contribution in [0.4, 0.5) is 11.6 Å². The van der Waals surface area contributed by atoms with Crippen molar-refractivity contribution in [2.24, 2.45) is 0 Å². The Morgan fingerprint density at radius 2 is 2.10 bits per heavy atom. The van der Waals surface area contributed by atoms with Gasteiger partial charge >= 0.3 is 5.69 Å². The van der Waals surface area contributed by atoms with E-state index >= 15 is 0 Å². The average molecular weight is 284 g/mol. The van der Waals surface area contributed by atoms with E-state index in [4.69, 9.17) is 0 Å². The van der Waals surface area contributed by atoms with Crippen LogP contribution in [0.1, 0.15) is 30.7 Å². The molecule has 108 valence electrons. The van der Waals surface area contributed by atoms with E-state index < -0.39 is 4.92 Å². The maximum atomic E-state index is 11.3. The van der Waals surface area contributed by atoms with E-state index in [1.165, 1.54) is 12.6 Å². The van der Waals surface area contributed by atoms with Crippen LogP contribution in [0.25, 0.3) is 11.3 Å². The second-order valence-electron chi connectivity index (χ2n) is 5.15. The van der Waals surface area contributed by atoms with Crippen LogP contribution in [-0.2, 0) is 0 Å². The summed E-state index contributed by atoms with van der Waals surface area (Å²) in [5, 5.41) is 14.1. The lowest BCUT2D eigenvalue weighted by atomic mass is 9.77. The van der Waals surface area contributed by atoms with E-state index in [2.05, 4.69) is 15.3 Å². The van der Waals surface area contributed by atoms with Crippen LogP contribution in [0.3, 0.4) is 0 Å². The van der Waals surface area contributed by atoms with E-state index in [-0.39, 0.29) is 5.69 Å². The predicted molar refractivity (Wildman–Crippen MR) is 80.3 cm³/mol. The van der Waals surface area contributed by atoms with Crippen LogP contribution in [-0.4, -0.2) is 21.9 Å². The molecular weight excluding hydrogens is 268 g/mol. The van der Waals surface area contributed by atoms with Gasteiger partial charge in [-0.1, -0.05) is 30.7 Å². The largest absolute Gasteiger partial charge is 0.357 e. The van der Waals surface area contributed by atoms with Crippen LogP contribution in [0.15, 0.2) is 30.5 Å². The first-order chi connectivity index (χ1) is 10.2. The summed E-state index contributed by atoms with van der Waals surface area (Å²) in [5.41, 5.74) is 2.32. The molecule has 1 aliphatic rings. The minimum atomic E-state index is -0.424. The number of hydrogen-bond donors (Lipinski definition) is 1. The summed E-state index contributed by atoms with van der Waals surface area (Å²) in [6.07, 6.45) is 4.75. The van der Waals surface area contributed by atoms with E-state index in [0.29, 0.717) is 17.6 Å². The lowest BCUT2D eigenvalue weighted by Crippen LogP contribution is -2.11. The molecular formula is C15H16N4O2.